The van der Waals surface area contributed by atoms with Gasteiger partial charge in [0.05, 0.1) is 0 Å². The SMILES string of the molecule is Cc1cnc(C(C)Cc2cc(C(C)C)cc(C(C)C)n2)cc1C(C)C. The highest BCUT2D eigenvalue weighted by molar-refractivity contribution is 5.31. The van der Waals surface area contributed by atoms with Gasteiger partial charge in [-0.05, 0) is 66.0 Å². The minimum absolute atomic E-state index is 0.369. The Kier molecular flexibility index (Phi) is 6.37. The van der Waals surface area contributed by atoms with Crippen molar-refractivity contribution in [2.75, 3.05) is 0 Å². The summed E-state index contributed by atoms with van der Waals surface area (Å²) in [7, 11) is 0. The second kappa shape index (κ2) is 8.12. The van der Waals surface area contributed by atoms with E-state index in [1.807, 2.05) is 6.20 Å². The van der Waals surface area contributed by atoms with E-state index in [4.69, 9.17) is 9.97 Å². The van der Waals surface area contributed by atoms with Crippen LogP contribution in [0.25, 0.3) is 0 Å². The van der Waals surface area contributed by atoms with Gasteiger partial charge in [-0.15, -0.1) is 0 Å². The van der Waals surface area contributed by atoms with Gasteiger partial charge in [0.15, 0.2) is 0 Å². The molecule has 1 unspecified atom stereocenters. The Bertz CT molecular complexity index is 688. The highest BCUT2D eigenvalue weighted by atomic mass is 14.7. The van der Waals surface area contributed by atoms with Crippen molar-refractivity contribution in [1.29, 1.82) is 0 Å². The summed E-state index contributed by atoms with van der Waals surface area (Å²) in [5.74, 6) is 1.88. The van der Waals surface area contributed by atoms with Crippen molar-refractivity contribution in [1.82, 2.24) is 9.97 Å². The average molecular weight is 339 g/mol. The zero-order valence-corrected chi connectivity index (χ0v) is 17.2. The maximum Gasteiger partial charge on any atom is 0.0438 e. The summed E-state index contributed by atoms with van der Waals surface area (Å²) < 4.78 is 0. The van der Waals surface area contributed by atoms with E-state index in [0.29, 0.717) is 23.7 Å². The summed E-state index contributed by atoms with van der Waals surface area (Å²) in [6, 6.07) is 6.84. The van der Waals surface area contributed by atoms with Gasteiger partial charge in [0.2, 0.25) is 0 Å². The molecule has 0 fully saturated rings. The van der Waals surface area contributed by atoms with Crippen LogP contribution in [-0.4, -0.2) is 9.97 Å². The van der Waals surface area contributed by atoms with Crippen molar-refractivity contribution in [3.63, 3.8) is 0 Å². The van der Waals surface area contributed by atoms with Gasteiger partial charge in [-0.25, -0.2) is 0 Å². The van der Waals surface area contributed by atoms with Crippen molar-refractivity contribution in [2.45, 2.75) is 85.5 Å². The Balaban J connectivity index is 2.31. The Morgan fingerprint density at radius 2 is 1.48 bits per heavy atom. The van der Waals surface area contributed by atoms with E-state index >= 15 is 0 Å². The van der Waals surface area contributed by atoms with Crippen LogP contribution >= 0.6 is 0 Å². The van der Waals surface area contributed by atoms with Gasteiger partial charge in [0.1, 0.15) is 0 Å². The van der Waals surface area contributed by atoms with Crippen LogP contribution < -0.4 is 0 Å². The summed E-state index contributed by atoms with van der Waals surface area (Å²) in [5.41, 5.74) is 7.65. The van der Waals surface area contributed by atoms with Crippen molar-refractivity contribution in [2.24, 2.45) is 0 Å². The molecule has 0 spiro atoms. The maximum atomic E-state index is 4.93. The molecule has 2 aromatic rings. The molecule has 136 valence electrons. The van der Waals surface area contributed by atoms with Gasteiger partial charge in [0, 0.05) is 29.2 Å². The fraction of sp³-hybridized carbons (Fsp3) is 0.565. The van der Waals surface area contributed by atoms with Crippen molar-refractivity contribution < 1.29 is 0 Å². The zero-order chi connectivity index (χ0) is 18.7. The smallest absolute Gasteiger partial charge is 0.0438 e. The van der Waals surface area contributed by atoms with E-state index in [1.165, 1.54) is 33.8 Å². The zero-order valence-electron chi connectivity index (χ0n) is 17.2. The normalized spacial score (nSPS) is 13.1. The molecule has 1 atom stereocenters. The molecule has 2 heteroatoms. The predicted octanol–water partition coefficient (Wildman–Crippen LogP) is 6.50. The first-order valence-corrected chi connectivity index (χ1v) is 9.66. The second-order valence-corrected chi connectivity index (χ2v) is 8.35. The molecular formula is C23H34N2. The van der Waals surface area contributed by atoms with Gasteiger partial charge in [0.25, 0.3) is 0 Å². The van der Waals surface area contributed by atoms with Crippen LogP contribution in [0.3, 0.4) is 0 Å². The van der Waals surface area contributed by atoms with Crippen molar-refractivity contribution >= 4 is 0 Å². The summed E-state index contributed by atoms with van der Waals surface area (Å²) >= 11 is 0. The molecule has 0 aliphatic rings. The van der Waals surface area contributed by atoms with Crippen LogP contribution in [0.2, 0.25) is 0 Å². The van der Waals surface area contributed by atoms with E-state index in [9.17, 15) is 0 Å². The first-order valence-electron chi connectivity index (χ1n) is 9.66. The predicted molar refractivity (Wildman–Crippen MR) is 108 cm³/mol. The highest BCUT2D eigenvalue weighted by Gasteiger charge is 2.15. The quantitative estimate of drug-likeness (QED) is 0.600. The standard InChI is InChI=1S/C23H34N2/c1-14(2)19-10-20(25-22(11-19)16(5)6)9-17(7)23-12-21(15(3)4)18(8)13-24-23/h10-17H,9H2,1-8H3. The molecule has 25 heavy (non-hydrogen) atoms. The molecule has 0 radical (unpaired) electrons. The van der Waals surface area contributed by atoms with Gasteiger partial charge in [-0.3, -0.25) is 9.97 Å². The molecule has 2 heterocycles. The van der Waals surface area contributed by atoms with Crippen molar-refractivity contribution in [3.05, 3.63) is 58.2 Å². The minimum atomic E-state index is 0.369. The summed E-state index contributed by atoms with van der Waals surface area (Å²) in [4.78, 5) is 9.63. The molecule has 0 aliphatic heterocycles. The Labute approximate surface area is 154 Å². The van der Waals surface area contributed by atoms with E-state index in [2.05, 4.69) is 73.6 Å². The fourth-order valence-electron chi connectivity index (χ4n) is 3.23. The van der Waals surface area contributed by atoms with E-state index in [0.717, 1.165) is 6.42 Å². The summed E-state index contributed by atoms with van der Waals surface area (Å²) in [5, 5.41) is 0. The third-order valence-corrected chi connectivity index (χ3v) is 4.99. The molecule has 0 saturated carbocycles. The number of rotatable bonds is 6. The van der Waals surface area contributed by atoms with Crippen LogP contribution in [0.15, 0.2) is 24.4 Å². The summed E-state index contributed by atoms with van der Waals surface area (Å²) in [6.45, 7) is 17.9. The first kappa shape index (κ1) is 19.6. The summed E-state index contributed by atoms with van der Waals surface area (Å²) in [6.07, 6.45) is 2.96. The number of nitrogens with zero attached hydrogens (tertiary/aromatic N) is 2. The second-order valence-electron chi connectivity index (χ2n) is 8.35. The Morgan fingerprint density at radius 3 is 2.04 bits per heavy atom. The fourth-order valence-corrected chi connectivity index (χ4v) is 3.23. The molecule has 0 bridgehead atoms. The largest absolute Gasteiger partial charge is 0.261 e. The lowest BCUT2D eigenvalue weighted by molar-refractivity contribution is 0.693. The molecule has 0 aliphatic carbocycles. The van der Waals surface area contributed by atoms with Crippen LogP contribution in [0, 0.1) is 6.92 Å². The number of pyridine rings is 2. The molecular weight excluding hydrogens is 304 g/mol. The Morgan fingerprint density at radius 1 is 0.800 bits per heavy atom. The molecule has 0 saturated heterocycles. The highest BCUT2D eigenvalue weighted by Crippen LogP contribution is 2.27. The molecule has 2 nitrogen and oxygen atoms in total. The lowest BCUT2D eigenvalue weighted by atomic mass is 9.92. The van der Waals surface area contributed by atoms with Gasteiger partial charge in [-0.2, -0.15) is 0 Å². The monoisotopic (exact) mass is 338 g/mol. The van der Waals surface area contributed by atoms with Crippen LogP contribution in [-0.2, 0) is 6.42 Å². The minimum Gasteiger partial charge on any atom is -0.261 e. The van der Waals surface area contributed by atoms with Crippen molar-refractivity contribution in [3.8, 4) is 0 Å². The third-order valence-electron chi connectivity index (χ3n) is 4.99. The number of hydrogen-bond donors (Lipinski definition) is 0. The number of aryl methyl sites for hydroxylation is 1. The van der Waals surface area contributed by atoms with E-state index in [1.54, 1.807) is 0 Å². The molecule has 0 aromatic carbocycles. The Hall–Kier alpha value is -1.70. The average Bonchev–Trinajstić information content (AvgIpc) is 2.54. The molecule has 2 rings (SSSR count). The lowest BCUT2D eigenvalue weighted by Gasteiger charge is -2.18. The molecule has 0 N–H and O–H groups in total. The molecule has 0 amide bonds. The van der Waals surface area contributed by atoms with Gasteiger partial charge < -0.3 is 0 Å². The molecule has 2 aromatic heterocycles. The van der Waals surface area contributed by atoms with Gasteiger partial charge >= 0.3 is 0 Å². The topological polar surface area (TPSA) is 25.8 Å². The lowest BCUT2D eigenvalue weighted by Crippen LogP contribution is -2.08. The van der Waals surface area contributed by atoms with E-state index < -0.39 is 0 Å². The van der Waals surface area contributed by atoms with Crippen LogP contribution in [0.4, 0.5) is 0 Å². The number of aromatic nitrogens is 2. The number of hydrogen-bond acceptors (Lipinski definition) is 2. The van der Waals surface area contributed by atoms with Crippen LogP contribution in [0.1, 0.15) is 106 Å². The van der Waals surface area contributed by atoms with Crippen LogP contribution in [0.5, 0.6) is 0 Å². The maximum absolute atomic E-state index is 4.93. The van der Waals surface area contributed by atoms with E-state index in [-0.39, 0.29) is 0 Å². The van der Waals surface area contributed by atoms with Gasteiger partial charge in [-0.1, -0.05) is 48.5 Å². The third kappa shape index (κ3) is 4.90. The first-order chi connectivity index (χ1) is 11.7.